The van der Waals surface area contributed by atoms with E-state index in [0.29, 0.717) is 18.8 Å². The summed E-state index contributed by atoms with van der Waals surface area (Å²) in [7, 11) is 0. The van der Waals surface area contributed by atoms with E-state index in [-0.39, 0.29) is 12.3 Å². The lowest BCUT2D eigenvalue weighted by molar-refractivity contribution is -0.153. The van der Waals surface area contributed by atoms with Gasteiger partial charge in [-0.25, -0.2) is 0 Å². The fraction of sp³-hybridized carbons (Fsp3) is 0.857. The van der Waals surface area contributed by atoms with Crippen LogP contribution in [0.4, 0.5) is 0 Å². The fourth-order valence-corrected chi connectivity index (χ4v) is 3.86. The summed E-state index contributed by atoms with van der Waals surface area (Å²) >= 11 is 0. The number of aliphatic carboxylic acids is 2. The van der Waals surface area contributed by atoms with Crippen LogP contribution in [0.1, 0.15) is 51.4 Å². The maximum Gasteiger partial charge on any atom is 0.323 e. The molecule has 3 atom stereocenters. The Morgan fingerprint density at radius 3 is 2.21 bits per heavy atom. The molecule has 2 aliphatic rings. The summed E-state index contributed by atoms with van der Waals surface area (Å²) in [6.07, 6.45) is 6.83. The van der Waals surface area contributed by atoms with E-state index < -0.39 is 23.4 Å². The summed E-state index contributed by atoms with van der Waals surface area (Å²) in [5.41, 5.74) is 4.51. The van der Waals surface area contributed by atoms with Gasteiger partial charge in [-0.1, -0.05) is 32.1 Å². The van der Waals surface area contributed by atoms with Crippen molar-refractivity contribution < 1.29 is 19.8 Å². The first-order chi connectivity index (χ1) is 8.94. The minimum absolute atomic E-state index is 0.0683. The van der Waals surface area contributed by atoms with E-state index in [1.54, 1.807) is 0 Å². The average molecular weight is 269 g/mol. The molecule has 2 aliphatic carbocycles. The predicted octanol–water partition coefficient (Wildman–Crippen LogP) is 1.85. The summed E-state index contributed by atoms with van der Waals surface area (Å²) in [5.74, 6) is -2.01. The number of hydrogen-bond donors (Lipinski definition) is 3. The maximum absolute atomic E-state index is 11.5. The largest absolute Gasteiger partial charge is 0.481 e. The van der Waals surface area contributed by atoms with Crippen LogP contribution in [0.15, 0.2) is 0 Å². The lowest BCUT2D eigenvalue weighted by Gasteiger charge is -2.42. The summed E-state index contributed by atoms with van der Waals surface area (Å²) < 4.78 is 0. The van der Waals surface area contributed by atoms with Crippen molar-refractivity contribution in [3.8, 4) is 0 Å². The zero-order chi connectivity index (χ0) is 14.0. The monoisotopic (exact) mass is 269 g/mol. The van der Waals surface area contributed by atoms with Gasteiger partial charge in [-0.05, 0) is 31.1 Å². The van der Waals surface area contributed by atoms with Crippen LogP contribution in [0, 0.1) is 17.8 Å². The second-order valence-electron chi connectivity index (χ2n) is 6.21. The fourth-order valence-electron chi connectivity index (χ4n) is 3.86. The van der Waals surface area contributed by atoms with Crippen LogP contribution in [0.2, 0.25) is 0 Å². The van der Waals surface area contributed by atoms with Crippen molar-refractivity contribution in [2.24, 2.45) is 23.5 Å². The molecule has 5 heteroatoms. The van der Waals surface area contributed by atoms with E-state index in [1.807, 2.05) is 0 Å². The van der Waals surface area contributed by atoms with E-state index >= 15 is 0 Å². The van der Waals surface area contributed by atoms with Crippen molar-refractivity contribution in [3.63, 3.8) is 0 Å². The topological polar surface area (TPSA) is 101 Å². The highest BCUT2D eigenvalue weighted by Crippen LogP contribution is 2.44. The summed E-state index contributed by atoms with van der Waals surface area (Å²) in [6.45, 7) is 0. The van der Waals surface area contributed by atoms with Crippen molar-refractivity contribution in [1.29, 1.82) is 0 Å². The van der Waals surface area contributed by atoms with Crippen molar-refractivity contribution in [2.45, 2.75) is 56.9 Å². The predicted molar refractivity (Wildman–Crippen MR) is 69.6 cm³/mol. The summed E-state index contributed by atoms with van der Waals surface area (Å²) in [5, 5.41) is 18.6. The van der Waals surface area contributed by atoms with Crippen LogP contribution >= 0.6 is 0 Å². The Hall–Kier alpha value is -1.10. The number of carboxylic acid groups (broad SMARTS) is 2. The van der Waals surface area contributed by atoms with Gasteiger partial charge in [-0.3, -0.25) is 9.59 Å². The summed E-state index contributed by atoms with van der Waals surface area (Å²) in [4.78, 5) is 22.7. The first kappa shape index (κ1) is 14.3. The van der Waals surface area contributed by atoms with Gasteiger partial charge < -0.3 is 15.9 Å². The van der Waals surface area contributed by atoms with E-state index in [9.17, 15) is 19.8 Å². The quantitative estimate of drug-likeness (QED) is 0.726. The molecule has 3 unspecified atom stereocenters. The highest BCUT2D eigenvalue weighted by atomic mass is 16.4. The van der Waals surface area contributed by atoms with Gasteiger partial charge in [-0.15, -0.1) is 0 Å². The zero-order valence-electron chi connectivity index (χ0n) is 11.2. The van der Waals surface area contributed by atoms with Crippen molar-refractivity contribution in [3.05, 3.63) is 0 Å². The van der Waals surface area contributed by atoms with Gasteiger partial charge >= 0.3 is 11.9 Å². The Bertz CT molecular complexity index is 364. The molecular weight excluding hydrogens is 246 g/mol. The maximum atomic E-state index is 11.5. The third-order valence-electron chi connectivity index (χ3n) is 5.02. The molecule has 2 fully saturated rings. The number of rotatable bonds is 3. The highest BCUT2D eigenvalue weighted by Gasteiger charge is 2.48. The molecule has 0 spiro atoms. The number of hydrogen-bond acceptors (Lipinski definition) is 3. The van der Waals surface area contributed by atoms with E-state index in [4.69, 9.17) is 5.73 Å². The SMILES string of the molecule is NC1(C(=O)O)CCC(C2CCCCC2)C(C(=O)O)C1. The Morgan fingerprint density at radius 2 is 1.68 bits per heavy atom. The van der Waals surface area contributed by atoms with Gasteiger partial charge in [0.05, 0.1) is 5.92 Å². The van der Waals surface area contributed by atoms with E-state index in [0.717, 1.165) is 12.8 Å². The lowest BCUT2D eigenvalue weighted by Crippen LogP contribution is -2.55. The molecule has 19 heavy (non-hydrogen) atoms. The number of carboxylic acids is 2. The smallest absolute Gasteiger partial charge is 0.323 e. The second-order valence-corrected chi connectivity index (χ2v) is 6.21. The molecule has 0 bridgehead atoms. The van der Waals surface area contributed by atoms with Gasteiger partial charge in [0.25, 0.3) is 0 Å². The first-order valence-corrected chi connectivity index (χ1v) is 7.19. The Kier molecular flexibility index (Phi) is 4.13. The molecule has 0 aromatic carbocycles. The first-order valence-electron chi connectivity index (χ1n) is 7.19. The lowest BCUT2D eigenvalue weighted by atomic mass is 9.63. The van der Waals surface area contributed by atoms with Gasteiger partial charge in [0.15, 0.2) is 0 Å². The third-order valence-corrected chi connectivity index (χ3v) is 5.02. The number of nitrogens with two attached hydrogens (primary N) is 1. The van der Waals surface area contributed by atoms with Crippen molar-refractivity contribution in [1.82, 2.24) is 0 Å². The van der Waals surface area contributed by atoms with Crippen molar-refractivity contribution >= 4 is 11.9 Å². The van der Waals surface area contributed by atoms with Crippen LogP contribution in [-0.4, -0.2) is 27.7 Å². The Labute approximate surface area is 113 Å². The molecule has 0 aromatic heterocycles. The molecule has 4 N–H and O–H groups in total. The van der Waals surface area contributed by atoms with Crippen LogP contribution in [-0.2, 0) is 9.59 Å². The molecule has 108 valence electrons. The minimum Gasteiger partial charge on any atom is -0.481 e. The normalized spacial score (nSPS) is 36.9. The molecule has 5 nitrogen and oxygen atoms in total. The van der Waals surface area contributed by atoms with Crippen molar-refractivity contribution in [2.75, 3.05) is 0 Å². The standard InChI is InChI=1S/C14H23NO4/c15-14(13(18)19)7-6-10(11(8-14)12(16)17)9-4-2-1-3-5-9/h9-11H,1-8,15H2,(H,16,17)(H,18,19). The average Bonchev–Trinajstić information content (AvgIpc) is 2.39. The second kappa shape index (κ2) is 5.49. The van der Waals surface area contributed by atoms with Gasteiger partial charge in [0.1, 0.15) is 5.54 Å². The molecule has 0 aromatic rings. The zero-order valence-corrected chi connectivity index (χ0v) is 11.2. The molecule has 0 radical (unpaired) electrons. The minimum atomic E-state index is -1.35. The van der Waals surface area contributed by atoms with Gasteiger partial charge in [0.2, 0.25) is 0 Å². The van der Waals surface area contributed by atoms with Crippen LogP contribution in [0.25, 0.3) is 0 Å². The molecule has 0 aliphatic heterocycles. The Balaban J connectivity index is 2.12. The van der Waals surface area contributed by atoms with Crippen LogP contribution < -0.4 is 5.73 Å². The number of carbonyl (C=O) groups is 2. The summed E-state index contributed by atoms with van der Waals surface area (Å²) in [6, 6.07) is 0. The van der Waals surface area contributed by atoms with Gasteiger partial charge in [-0.2, -0.15) is 0 Å². The van der Waals surface area contributed by atoms with Gasteiger partial charge in [0, 0.05) is 0 Å². The molecule has 2 rings (SSSR count). The van der Waals surface area contributed by atoms with E-state index in [2.05, 4.69) is 0 Å². The highest BCUT2D eigenvalue weighted by molar-refractivity contribution is 5.80. The Morgan fingerprint density at radius 1 is 1.05 bits per heavy atom. The molecule has 0 heterocycles. The van der Waals surface area contributed by atoms with Crippen LogP contribution in [0.5, 0.6) is 0 Å². The molecular formula is C14H23NO4. The van der Waals surface area contributed by atoms with E-state index in [1.165, 1.54) is 19.3 Å². The molecule has 0 amide bonds. The molecule has 2 saturated carbocycles. The van der Waals surface area contributed by atoms with Crippen LogP contribution in [0.3, 0.4) is 0 Å². The third kappa shape index (κ3) is 2.91. The molecule has 0 saturated heterocycles.